The van der Waals surface area contributed by atoms with Crippen LogP contribution in [0, 0.1) is 12.8 Å². The predicted molar refractivity (Wildman–Crippen MR) is 72.0 cm³/mol. The van der Waals surface area contributed by atoms with E-state index in [9.17, 15) is 0 Å². The Morgan fingerprint density at radius 3 is 2.75 bits per heavy atom. The van der Waals surface area contributed by atoms with Gasteiger partial charge in [-0.15, -0.1) is 0 Å². The highest BCUT2D eigenvalue weighted by molar-refractivity contribution is 7.79. The van der Waals surface area contributed by atoms with Gasteiger partial charge >= 0.3 is 0 Å². The molecule has 0 aliphatic heterocycles. The van der Waals surface area contributed by atoms with Gasteiger partial charge in [-0.1, -0.05) is 19.9 Å². The zero-order chi connectivity index (χ0) is 11.7. The van der Waals surface area contributed by atoms with Gasteiger partial charge in [0.05, 0.1) is 11.0 Å². The molecule has 16 heavy (non-hydrogen) atoms. The highest BCUT2D eigenvalue weighted by Crippen LogP contribution is 2.20. The smallest absolute Gasteiger partial charge is 0.119 e. The third-order valence-electron chi connectivity index (χ3n) is 2.67. The predicted octanol–water partition coefficient (Wildman–Crippen LogP) is 3.43. The van der Waals surface area contributed by atoms with Gasteiger partial charge in [0.1, 0.15) is 5.82 Å². The molecular weight excluding hydrogens is 216 g/mol. The van der Waals surface area contributed by atoms with Gasteiger partial charge in [-0.3, -0.25) is 0 Å². The first kappa shape index (κ1) is 11.5. The first-order valence-corrected chi connectivity index (χ1v) is 6.31. The standard InChI is InChI=1S/C13H18N2S/c1-9(2)7-15-12-5-4-10(3)6-11(12)14-13(15)8-16/h4-6,9,16H,7-8H2,1-3H3. The maximum Gasteiger partial charge on any atom is 0.119 e. The van der Waals surface area contributed by atoms with Crippen molar-refractivity contribution in [2.75, 3.05) is 0 Å². The first-order valence-electron chi connectivity index (χ1n) is 5.68. The van der Waals surface area contributed by atoms with Crippen LogP contribution < -0.4 is 0 Å². The van der Waals surface area contributed by atoms with E-state index >= 15 is 0 Å². The number of benzene rings is 1. The van der Waals surface area contributed by atoms with Crippen molar-refractivity contribution in [2.24, 2.45) is 5.92 Å². The number of rotatable bonds is 3. The number of nitrogens with zero attached hydrogens (tertiary/aromatic N) is 2. The number of aromatic nitrogens is 2. The van der Waals surface area contributed by atoms with E-state index in [1.54, 1.807) is 0 Å². The minimum absolute atomic E-state index is 0.623. The zero-order valence-corrected chi connectivity index (χ0v) is 11.0. The Hall–Kier alpha value is -0.960. The molecule has 0 spiro atoms. The zero-order valence-electron chi connectivity index (χ0n) is 10.1. The number of thiol groups is 1. The summed E-state index contributed by atoms with van der Waals surface area (Å²) in [7, 11) is 0. The summed E-state index contributed by atoms with van der Waals surface area (Å²) in [4.78, 5) is 4.63. The van der Waals surface area contributed by atoms with Crippen molar-refractivity contribution in [2.45, 2.75) is 33.1 Å². The largest absolute Gasteiger partial charge is 0.327 e. The van der Waals surface area contributed by atoms with Gasteiger partial charge in [-0.05, 0) is 30.5 Å². The summed E-state index contributed by atoms with van der Waals surface area (Å²) in [6.45, 7) is 7.56. The number of hydrogen-bond donors (Lipinski definition) is 1. The molecule has 0 radical (unpaired) electrons. The summed E-state index contributed by atoms with van der Waals surface area (Å²) in [5, 5.41) is 0. The van der Waals surface area contributed by atoms with E-state index < -0.39 is 0 Å². The lowest BCUT2D eigenvalue weighted by Crippen LogP contribution is -2.07. The van der Waals surface area contributed by atoms with Crippen LogP contribution in [0.2, 0.25) is 0 Å². The second kappa shape index (κ2) is 4.50. The van der Waals surface area contributed by atoms with Crippen molar-refractivity contribution >= 4 is 23.7 Å². The van der Waals surface area contributed by atoms with Crippen LogP contribution in [0.3, 0.4) is 0 Å². The van der Waals surface area contributed by atoms with Crippen molar-refractivity contribution in [1.82, 2.24) is 9.55 Å². The molecule has 0 fully saturated rings. The topological polar surface area (TPSA) is 17.8 Å². The molecule has 0 atom stereocenters. The van der Waals surface area contributed by atoms with E-state index in [0.717, 1.165) is 17.9 Å². The average molecular weight is 234 g/mol. The van der Waals surface area contributed by atoms with Crippen LogP contribution in [0.1, 0.15) is 25.2 Å². The molecule has 2 nitrogen and oxygen atoms in total. The maximum absolute atomic E-state index is 4.63. The molecule has 0 N–H and O–H groups in total. The maximum atomic E-state index is 4.63. The van der Waals surface area contributed by atoms with Crippen LogP contribution in [0.5, 0.6) is 0 Å². The fourth-order valence-electron chi connectivity index (χ4n) is 1.98. The van der Waals surface area contributed by atoms with Gasteiger partial charge in [-0.25, -0.2) is 4.98 Å². The van der Waals surface area contributed by atoms with Gasteiger partial charge in [0.15, 0.2) is 0 Å². The Labute approximate surface area is 102 Å². The normalized spacial score (nSPS) is 11.6. The van der Waals surface area contributed by atoms with Crippen molar-refractivity contribution in [3.8, 4) is 0 Å². The lowest BCUT2D eigenvalue weighted by Gasteiger charge is -2.10. The molecule has 86 valence electrons. The molecule has 2 rings (SSSR count). The molecule has 1 aromatic heterocycles. The van der Waals surface area contributed by atoms with E-state index in [1.807, 2.05) is 0 Å². The molecular formula is C13H18N2S. The number of imidazole rings is 1. The van der Waals surface area contributed by atoms with Crippen LogP contribution in [-0.4, -0.2) is 9.55 Å². The van der Waals surface area contributed by atoms with Gasteiger partial charge < -0.3 is 4.57 Å². The molecule has 0 saturated carbocycles. The summed E-state index contributed by atoms with van der Waals surface area (Å²) in [5.74, 6) is 2.38. The first-order chi connectivity index (χ1) is 7.61. The Balaban J connectivity index is 2.59. The molecule has 0 saturated heterocycles. The Kier molecular flexibility index (Phi) is 3.24. The highest BCUT2D eigenvalue weighted by Gasteiger charge is 2.10. The van der Waals surface area contributed by atoms with Crippen LogP contribution in [0.15, 0.2) is 18.2 Å². The van der Waals surface area contributed by atoms with E-state index in [2.05, 4.69) is 61.2 Å². The second-order valence-corrected chi connectivity index (χ2v) is 5.00. The average Bonchev–Trinajstić information content (AvgIpc) is 2.55. The van der Waals surface area contributed by atoms with E-state index in [4.69, 9.17) is 0 Å². The minimum Gasteiger partial charge on any atom is -0.327 e. The molecule has 0 aliphatic carbocycles. The number of fused-ring (bicyclic) bond motifs is 1. The van der Waals surface area contributed by atoms with Crippen LogP contribution in [0.25, 0.3) is 11.0 Å². The summed E-state index contributed by atoms with van der Waals surface area (Å²) in [6.07, 6.45) is 0. The summed E-state index contributed by atoms with van der Waals surface area (Å²) in [6, 6.07) is 6.44. The monoisotopic (exact) mass is 234 g/mol. The third-order valence-corrected chi connectivity index (χ3v) is 2.95. The van der Waals surface area contributed by atoms with Crippen LogP contribution in [-0.2, 0) is 12.3 Å². The van der Waals surface area contributed by atoms with Crippen LogP contribution in [0.4, 0.5) is 0 Å². The SMILES string of the molecule is Cc1ccc2c(c1)nc(CS)n2CC(C)C. The van der Waals surface area contributed by atoms with E-state index in [0.29, 0.717) is 11.7 Å². The third kappa shape index (κ3) is 2.09. The molecule has 1 aromatic carbocycles. The summed E-state index contributed by atoms with van der Waals surface area (Å²) >= 11 is 4.36. The molecule has 0 bridgehead atoms. The number of hydrogen-bond acceptors (Lipinski definition) is 2. The van der Waals surface area contributed by atoms with Crippen molar-refractivity contribution in [3.05, 3.63) is 29.6 Å². The Morgan fingerprint density at radius 2 is 2.12 bits per heavy atom. The van der Waals surface area contributed by atoms with Crippen LogP contribution >= 0.6 is 12.6 Å². The molecule has 0 amide bonds. The Bertz CT molecular complexity index is 500. The fourth-order valence-corrected chi connectivity index (χ4v) is 2.22. The molecule has 0 aliphatic rings. The van der Waals surface area contributed by atoms with Gasteiger partial charge in [0.2, 0.25) is 0 Å². The highest BCUT2D eigenvalue weighted by atomic mass is 32.1. The summed E-state index contributed by atoms with van der Waals surface area (Å²) in [5.41, 5.74) is 3.57. The van der Waals surface area contributed by atoms with Gasteiger partial charge in [0.25, 0.3) is 0 Å². The Morgan fingerprint density at radius 1 is 1.38 bits per heavy atom. The molecule has 2 aromatic rings. The van der Waals surface area contributed by atoms with E-state index in [1.165, 1.54) is 11.1 Å². The summed E-state index contributed by atoms with van der Waals surface area (Å²) < 4.78 is 2.28. The fraction of sp³-hybridized carbons (Fsp3) is 0.462. The molecule has 0 unspecified atom stereocenters. The quantitative estimate of drug-likeness (QED) is 0.806. The molecule has 3 heteroatoms. The minimum atomic E-state index is 0.623. The van der Waals surface area contributed by atoms with Crippen molar-refractivity contribution < 1.29 is 0 Å². The lowest BCUT2D eigenvalue weighted by atomic mass is 10.2. The van der Waals surface area contributed by atoms with Gasteiger partial charge in [0, 0.05) is 12.3 Å². The van der Waals surface area contributed by atoms with Crippen molar-refractivity contribution in [1.29, 1.82) is 0 Å². The molecule has 1 heterocycles. The number of aryl methyl sites for hydroxylation is 1. The van der Waals surface area contributed by atoms with Crippen molar-refractivity contribution in [3.63, 3.8) is 0 Å². The van der Waals surface area contributed by atoms with Gasteiger partial charge in [-0.2, -0.15) is 12.6 Å². The van der Waals surface area contributed by atoms with E-state index in [-0.39, 0.29) is 0 Å². The lowest BCUT2D eigenvalue weighted by molar-refractivity contribution is 0.523. The second-order valence-electron chi connectivity index (χ2n) is 4.68.